The lowest BCUT2D eigenvalue weighted by Crippen LogP contribution is -2.45. The summed E-state index contributed by atoms with van der Waals surface area (Å²) in [6.07, 6.45) is 2.70. The molecule has 0 atom stereocenters. The van der Waals surface area contributed by atoms with Crippen molar-refractivity contribution in [2.45, 2.75) is 23.8 Å². The number of rotatable bonds is 6. The Kier molecular flexibility index (Phi) is 6.10. The van der Waals surface area contributed by atoms with Crippen LogP contribution in [0.15, 0.2) is 65.7 Å². The molecule has 0 spiro atoms. The van der Waals surface area contributed by atoms with Crippen molar-refractivity contribution in [3.05, 3.63) is 72.4 Å². The van der Waals surface area contributed by atoms with Crippen molar-refractivity contribution in [1.82, 2.24) is 14.7 Å². The molecule has 31 heavy (non-hydrogen) atoms. The van der Waals surface area contributed by atoms with E-state index in [4.69, 9.17) is 4.74 Å². The zero-order valence-electron chi connectivity index (χ0n) is 16.4. The summed E-state index contributed by atoms with van der Waals surface area (Å²) in [6.45, 7) is 1.10. The number of nitrogens with one attached hydrogen (secondary N) is 1. The minimum absolute atomic E-state index is 0.0327. The predicted molar refractivity (Wildman–Crippen MR) is 110 cm³/mol. The van der Waals surface area contributed by atoms with Crippen LogP contribution in [-0.2, 0) is 10.0 Å². The van der Waals surface area contributed by atoms with Crippen LogP contribution >= 0.6 is 0 Å². The fourth-order valence-corrected chi connectivity index (χ4v) is 4.57. The molecule has 0 aliphatic carbocycles. The summed E-state index contributed by atoms with van der Waals surface area (Å²) in [7, 11) is -3.72. The molecule has 1 aliphatic heterocycles. The van der Waals surface area contributed by atoms with Crippen molar-refractivity contribution in [3.8, 4) is 11.6 Å². The van der Waals surface area contributed by atoms with Crippen LogP contribution in [0.1, 0.15) is 12.8 Å². The molecular weight excluding hydrogens is 426 g/mol. The van der Waals surface area contributed by atoms with E-state index in [0.29, 0.717) is 43.5 Å². The van der Waals surface area contributed by atoms with Gasteiger partial charge in [0.1, 0.15) is 17.4 Å². The maximum atomic E-state index is 13.0. The SMILES string of the molecule is O=S(=O)(NC1CCN(c2nccc(Oc3ccc(F)cc3)n2)CC1)c1ccc(F)cc1. The van der Waals surface area contributed by atoms with E-state index in [2.05, 4.69) is 14.7 Å². The highest BCUT2D eigenvalue weighted by Gasteiger charge is 2.26. The molecule has 0 radical (unpaired) electrons. The third kappa shape index (κ3) is 5.33. The third-order valence-electron chi connectivity index (χ3n) is 4.88. The molecule has 3 aromatic rings. The molecule has 2 aromatic carbocycles. The smallest absolute Gasteiger partial charge is 0.240 e. The number of nitrogens with zero attached hydrogens (tertiary/aromatic N) is 3. The first-order valence-corrected chi connectivity index (χ1v) is 11.2. The van der Waals surface area contributed by atoms with Gasteiger partial charge >= 0.3 is 0 Å². The van der Waals surface area contributed by atoms with Crippen LogP contribution in [0.25, 0.3) is 0 Å². The molecule has 0 amide bonds. The Hall–Kier alpha value is -3.11. The monoisotopic (exact) mass is 446 g/mol. The number of ether oxygens (including phenoxy) is 1. The van der Waals surface area contributed by atoms with Crippen molar-refractivity contribution in [2.75, 3.05) is 18.0 Å². The second-order valence-corrected chi connectivity index (χ2v) is 8.80. The lowest BCUT2D eigenvalue weighted by Gasteiger charge is -2.32. The van der Waals surface area contributed by atoms with E-state index < -0.39 is 15.8 Å². The predicted octanol–water partition coefficient (Wildman–Crippen LogP) is 3.49. The van der Waals surface area contributed by atoms with Crippen molar-refractivity contribution in [2.24, 2.45) is 0 Å². The summed E-state index contributed by atoms with van der Waals surface area (Å²) >= 11 is 0. The van der Waals surface area contributed by atoms with E-state index in [0.717, 1.165) is 12.1 Å². The molecule has 1 aliphatic rings. The summed E-state index contributed by atoms with van der Waals surface area (Å²) < 4.78 is 59.4. The fourth-order valence-electron chi connectivity index (χ4n) is 3.26. The quantitative estimate of drug-likeness (QED) is 0.624. The van der Waals surface area contributed by atoms with Crippen LogP contribution in [0.5, 0.6) is 11.6 Å². The number of halogens is 2. The summed E-state index contributed by atoms with van der Waals surface area (Å²) in [5.41, 5.74) is 0. The number of anilines is 1. The molecule has 10 heteroatoms. The Balaban J connectivity index is 1.36. The summed E-state index contributed by atoms with van der Waals surface area (Å²) in [5, 5.41) is 0. The lowest BCUT2D eigenvalue weighted by molar-refractivity contribution is 0.445. The van der Waals surface area contributed by atoms with E-state index in [-0.39, 0.29) is 16.8 Å². The van der Waals surface area contributed by atoms with E-state index >= 15 is 0 Å². The molecule has 1 saturated heterocycles. The standard InChI is InChI=1S/C21H20F2N4O3S/c22-15-1-5-18(6-2-15)30-20-9-12-24-21(25-20)27-13-10-17(11-14-27)26-31(28,29)19-7-3-16(23)4-8-19/h1-9,12,17,26H,10-11,13-14H2. The Morgan fingerprint density at radius 2 is 1.55 bits per heavy atom. The van der Waals surface area contributed by atoms with Crippen molar-refractivity contribution in [3.63, 3.8) is 0 Å². The Morgan fingerprint density at radius 3 is 2.19 bits per heavy atom. The lowest BCUT2D eigenvalue weighted by atomic mass is 10.1. The molecule has 0 unspecified atom stereocenters. The average Bonchev–Trinajstić information content (AvgIpc) is 2.76. The Morgan fingerprint density at radius 1 is 0.935 bits per heavy atom. The highest BCUT2D eigenvalue weighted by Crippen LogP contribution is 2.23. The molecule has 7 nitrogen and oxygen atoms in total. The van der Waals surface area contributed by atoms with Crippen molar-refractivity contribution < 1.29 is 21.9 Å². The maximum absolute atomic E-state index is 13.0. The maximum Gasteiger partial charge on any atom is 0.240 e. The van der Waals surface area contributed by atoms with Crippen LogP contribution < -0.4 is 14.4 Å². The molecular formula is C21H20F2N4O3S. The zero-order valence-corrected chi connectivity index (χ0v) is 17.2. The largest absolute Gasteiger partial charge is 0.439 e. The Bertz CT molecular complexity index is 1130. The van der Waals surface area contributed by atoms with Gasteiger partial charge in [0.05, 0.1) is 4.90 Å². The van der Waals surface area contributed by atoms with Gasteiger partial charge in [0, 0.05) is 31.4 Å². The van der Waals surface area contributed by atoms with Gasteiger partial charge in [-0.1, -0.05) is 0 Å². The van der Waals surface area contributed by atoms with E-state index in [1.54, 1.807) is 12.3 Å². The number of aromatic nitrogens is 2. The summed E-state index contributed by atoms with van der Waals surface area (Å²) in [5.74, 6) is 0.418. The van der Waals surface area contributed by atoms with Crippen LogP contribution in [0.2, 0.25) is 0 Å². The number of piperidine rings is 1. The number of benzene rings is 2. The first-order valence-electron chi connectivity index (χ1n) is 9.68. The molecule has 4 rings (SSSR count). The van der Waals surface area contributed by atoms with E-state index in [1.165, 1.54) is 36.4 Å². The van der Waals surface area contributed by atoms with Crippen LogP contribution in [0.4, 0.5) is 14.7 Å². The first-order chi connectivity index (χ1) is 14.9. The number of sulfonamides is 1. The van der Waals surface area contributed by atoms with Gasteiger partial charge < -0.3 is 9.64 Å². The van der Waals surface area contributed by atoms with Crippen LogP contribution in [-0.4, -0.2) is 37.5 Å². The zero-order chi connectivity index (χ0) is 21.8. The highest BCUT2D eigenvalue weighted by molar-refractivity contribution is 7.89. The minimum atomic E-state index is -3.72. The second kappa shape index (κ2) is 8.94. The normalized spacial score (nSPS) is 15.1. The summed E-state index contributed by atoms with van der Waals surface area (Å²) in [4.78, 5) is 10.6. The molecule has 1 N–H and O–H groups in total. The van der Waals surface area contributed by atoms with Crippen molar-refractivity contribution >= 4 is 16.0 Å². The number of hydrogen-bond acceptors (Lipinski definition) is 6. The van der Waals surface area contributed by atoms with Gasteiger partial charge in [-0.25, -0.2) is 26.9 Å². The van der Waals surface area contributed by atoms with Crippen LogP contribution in [0, 0.1) is 11.6 Å². The van der Waals surface area contributed by atoms with Gasteiger partial charge in [-0.2, -0.15) is 4.98 Å². The minimum Gasteiger partial charge on any atom is -0.439 e. The van der Waals surface area contributed by atoms with Gasteiger partial charge in [0.15, 0.2) is 0 Å². The van der Waals surface area contributed by atoms with Crippen LogP contribution in [0.3, 0.4) is 0 Å². The summed E-state index contributed by atoms with van der Waals surface area (Å²) in [6, 6.07) is 11.7. The van der Waals surface area contributed by atoms with Gasteiger partial charge in [-0.05, 0) is 61.4 Å². The third-order valence-corrected chi connectivity index (χ3v) is 6.41. The molecule has 0 saturated carbocycles. The van der Waals surface area contributed by atoms with E-state index in [1.807, 2.05) is 4.90 Å². The average molecular weight is 446 g/mol. The van der Waals surface area contributed by atoms with Gasteiger partial charge in [0.25, 0.3) is 0 Å². The first kappa shape index (κ1) is 21.1. The highest BCUT2D eigenvalue weighted by atomic mass is 32.2. The molecule has 0 bridgehead atoms. The number of hydrogen-bond donors (Lipinski definition) is 1. The molecule has 2 heterocycles. The van der Waals surface area contributed by atoms with Gasteiger partial charge in [-0.3, -0.25) is 0 Å². The van der Waals surface area contributed by atoms with Crippen molar-refractivity contribution in [1.29, 1.82) is 0 Å². The molecule has 162 valence electrons. The second-order valence-electron chi connectivity index (χ2n) is 7.09. The fraction of sp³-hybridized carbons (Fsp3) is 0.238. The Labute approximate surface area is 178 Å². The van der Waals surface area contributed by atoms with Gasteiger partial charge in [0.2, 0.25) is 21.9 Å². The molecule has 1 aromatic heterocycles. The van der Waals surface area contributed by atoms with Gasteiger partial charge in [-0.15, -0.1) is 0 Å². The topological polar surface area (TPSA) is 84.4 Å². The molecule has 1 fully saturated rings. The van der Waals surface area contributed by atoms with E-state index in [9.17, 15) is 17.2 Å².